The standard InChI is InChI=1S/C13H12ClN3O/c1-9-3-4-10(6-15)5-11(9)18-8-13-16-7-12(14)17(13)2/h3-5,7H,8H2,1-2H3. The number of aromatic nitrogens is 2. The van der Waals surface area contributed by atoms with Crippen molar-refractivity contribution in [1.82, 2.24) is 9.55 Å². The lowest BCUT2D eigenvalue weighted by Gasteiger charge is -2.09. The monoisotopic (exact) mass is 261 g/mol. The van der Waals surface area contributed by atoms with Crippen LogP contribution in [-0.2, 0) is 13.7 Å². The fourth-order valence-electron chi connectivity index (χ4n) is 1.53. The molecule has 0 aliphatic heterocycles. The molecule has 0 spiro atoms. The summed E-state index contributed by atoms with van der Waals surface area (Å²) < 4.78 is 7.42. The molecule has 0 aliphatic rings. The Labute approximate surface area is 110 Å². The maximum Gasteiger partial charge on any atom is 0.147 e. The zero-order valence-electron chi connectivity index (χ0n) is 10.1. The third kappa shape index (κ3) is 2.47. The van der Waals surface area contributed by atoms with Crippen LogP contribution in [-0.4, -0.2) is 9.55 Å². The van der Waals surface area contributed by atoms with Gasteiger partial charge in [0.05, 0.1) is 17.8 Å². The van der Waals surface area contributed by atoms with Crippen molar-refractivity contribution in [3.63, 3.8) is 0 Å². The Kier molecular flexibility index (Phi) is 3.54. The predicted octanol–water partition coefficient (Wildman–Crippen LogP) is 2.83. The zero-order valence-corrected chi connectivity index (χ0v) is 10.9. The lowest BCUT2D eigenvalue weighted by molar-refractivity contribution is 0.290. The van der Waals surface area contributed by atoms with Gasteiger partial charge in [-0.2, -0.15) is 5.26 Å². The van der Waals surface area contributed by atoms with Crippen LogP contribution in [0.2, 0.25) is 5.15 Å². The first-order chi connectivity index (χ1) is 8.61. The van der Waals surface area contributed by atoms with E-state index in [4.69, 9.17) is 21.6 Å². The molecule has 18 heavy (non-hydrogen) atoms. The Morgan fingerprint density at radius 3 is 2.89 bits per heavy atom. The molecular formula is C13H12ClN3O. The van der Waals surface area contributed by atoms with Gasteiger partial charge in [0.1, 0.15) is 23.3 Å². The molecule has 0 atom stereocenters. The Hall–Kier alpha value is -1.99. The van der Waals surface area contributed by atoms with Crippen molar-refractivity contribution in [1.29, 1.82) is 5.26 Å². The summed E-state index contributed by atoms with van der Waals surface area (Å²) in [6.45, 7) is 2.25. The van der Waals surface area contributed by atoms with Gasteiger partial charge >= 0.3 is 0 Å². The first-order valence-electron chi connectivity index (χ1n) is 5.41. The van der Waals surface area contributed by atoms with E-state index in [-0.39, 0.29) is 0 Å². The summed E-state index contributed by atoms with van der Waals surface area (Å²) in [4.78, 5) is 4.14. The van der Waals surface area contributed by atoms with E-state index >= 15 is 0 Å². The fraction of sp³-hybridized carbons (Fsp3) is 0.231. The average Bonchev–Trinajstić information content (AvgIpc) is 2.69. The maximum atomic E-state index is 8.85. The average molecular weight is 262 g/mol. The lowest BCUT2D eigenvalue weighted by Crippen LogP contribution is -2.04. The van der Waals surface area contributed by atoms with E-state index < -0.39 is 0 Å². The second-order valence-electron chi connectivity index (χ2n) is 3.94. The van der Waals surface area contributed by atoms with Crippen LogP contribution in [0.1, 0.15) is 17.0 Å². The first-order valence-corrected chi connectivity index (χ1v) is 5.79. The van der Waals surface area contributed by atoms with Crippen molar-refractivity contribution in [2.75, 3.05) is 0 Å². The Morgan fingerprint density at radius 2 is 2.28 bits per heavy atom. The maximum absolute atomic E-state index is 8.85. The van der Waals surface area contributed by atoms with Crippen LogP contribution >= 0.6 is 11.6 Å². The Bertz CT molecular complexity index is 613. The molecule has 5 heteroatoms. The molecule has 0 saturated carbocycles. The van der Waals surface area contributed by atoms with Crippen LogP contribution in [0.5, 0.6) is 5.75 Å². The summed E-state index contributed by atoms with van der Waals surface area (Å²) >= 11 is 5.89. The van der Waals surface area contributed by atoms with Gasteiger partial charge in [-0.25, -0.2) is 4.98 Å². The quantitative estimate of drug-likeness (QED) is 0.854. The second kappa shape index (κ2) is 5.11. The normalized spacial score (nSPS) is 10.1. The van der Waals surface area contributed by atoms with E-state index in [0.717, 1.165) is 11.4 Å². The van der Waals surface area contributed by atoms with Crippen LogP contribution < -0.4 is 4.74 Å². The molecule has 2 aromatic rings. The summed E-state index contributed by atoms with van der Waals surface area (Å²) in [6, 6.07) is 7.43. The number of imidazole rings is 1. The SMILES string of the molecule is Cc1ccc(C#N)cc1OCc1ncc(Cl)n1C. The van der Waals surface area contributed by atoms with Gasteiger partial charge in [0, 0.05) is 7.05 Å². The lowest BCUT2D eigenvalue weighted by atomic mass is 10.1. The van der Waals surface area contributed by atoms with Gasteiger partial charge in [0.2, 0.25) is 0 Å². The van der Waals surface area contributed by atoms with Gasteiger partial charge in [-0.05, 0) is 24.6 Å². The summed E-state index contributed by atoms with van der Waals surface area (Å²) in [5.41, 5.74) is 1.56. The first kappa shape index (κ1) is 12.5. The van der Waals surface area contributed by atoms with Gasteiger partial charge < -0.3 is 9.30 Å². The van der Waals surface area contributed by atoms with Gasteiger partial charge in [-0.3, -0.25) is 0 Å². The van der Waals surface area contributed by atoms with Crippen LogP contribution in [0.3, 0.4) is 0 Å². The molecule has 0 bridgehead atoms. The number of hydrogen-bond acceptors (Lipinski definition) is 3. The van der Waals surface area contributed by atoms with E-state index in [9.17, 15) is 0 Å². The molecule has 0 N–H and O–H groups in total. The highest BCUT2D eigenvalue weighted by Gasteiger charge is 2.07. The third-order valence-corrected chi connectivity index (χ3v) is 3.05. The van der Waals surface area contributed by atoms with E-state index in [1.165, 1.54) is 0 Å². The molecule has 4 nitrogen and oxygen atoms in total. The van der Waals surface area contributed by atoms with Crippen LogP contribution in [0.25, 0.3) is 0 Å². The highest BCUT2D eigenvalue weighted by atomic mass is 35.5. The fourth-order valence-corrected chi connectivity index (χ4v) is 1.67. The molecule has 1 aromatic carbocycles. The van der Waals surface area contributed by atoms with Gasteiger partial charge in [0.15, 0.2) is 0 Å². The minimum Gasteiger partial charge on any atom is -0.485 e. The van der Waals surface area contributed by atoms with Gasteiger partial charge in [0.25, 0.3) is 0 Å². The minimum absolute atomic E-state index is 0.318. The van der Waals surface area contributed by atoms with E-state index in [1.54, 1.807) is 22.9 Å². The highest BCUT2D eigenvalue weighted by Crippen LogP contribution is 2.20. The minimum atomic E-state index is 0.318. The van der Waals surface area contributed by atoms with Crippen LogP contribution in [0.15, 0.2) is 24.4 Å². The number of aryl methyl sites for hydroxylation is 1. The van der Waals surface area contributed by atoms with Crippen LogP contribution in [0, 0.1) is 18.3 Å². The van der Waals surface area contributed by atoms with Crippen LogP contribution in [0.4, 0.5) is 0 Å². The molecule has 2 rings (SSSR count). The highest BCUT2D eigenvalue weighted by molar-refractivity contribution is 6.29. The smallest absolute Gasteiger partial charge is 0.147 e. The number of hydrogen-bond donors (Lipinski definition) is 0. The van der Waals surface area contributed by atoms with E-state index in [2.05, 4.69) is 11.1 Å². The van der Waals surface area contributed by atoms with Gasteiger partial charge in [-0.15, -0.1) is 0 Å². The molecule has 0 fully saturated rings. The molecule has 0 radical (unpaired) electrons. The number of ether oxygens (including phenoxy) is 1. The molecule has 0 unspecified atom stereocenters. The van der Waals surface area contributed by atoms with Crippen molar-refractivity contribution in [3.8, 4) is 11.8 Å². The number of nitrogens with zero attached hydrogens (tertiary/aromatic N) is 3. The number of rotatable bonds is 3. The summed E-state index contributed by atoms with van der Waals surface area (Å²) in [6.07, 6.45) is 1.58. The number of nitriles is 1. The summed E-state index contributed by atoms with van der Waals surface area (Å²) in [5, 5.41) is 9.41. The van der Waals surface area contributed by atoms with Crippen molar-refractivity contribution in [2.45, 2.75) is 13.5 Å². The zero-order chi connectivity index (χ0) is 13.1. The largest absolute Gasteiger partial charge is 0.485 e. The Balaban J connectivity index is 2.15. The van der Waals surface area contributed by atoms with Gasteiger partial charge in [-0.1, -0.05) is 17.7 Å². The predicted molar refractivity (Wildman–Crippen MR) is 68.4 cm³/mol. The van der Waals surface area contributed by atoms with E-state index in [0.29, 0.717) is 23.1 Å². The van der Waals surface area contributed by atoms with Crippen molar-refractivity contribution < 1.29 is 4.74 Å². The topological polar surface area (TPSA) is 50.8 Å². The molecule has 0 aliphatic carbocycles. The molecule has 0 saturated heterocycles. The van der Waals surface area contributed by atoms with Crippen molar-refractivity contribution in [3.05, 3.63) is 46.5 Å². The Morgan fingerprint density at radius 1 is 1.50 bits per heavy atom. The summed E-state index contributed by atoms with van der Waals surface area (Å²) in [5.74, 6) is 1.43. The molecule has 1 aromatic heterocycles. The van der Waals surface area contributed by atoms with Crippen molar-refractivity contribution >= 4 is 11.6 Å². The van der Waals surface area contributed by atoms with Crippen molar-refractivity contribution in [2.24, 2.45) is 7.05 Å². The number of benzene rings is 1. The molecule has 0 amide bonds. The van der Waals surface area contributed by atoms with E-state index in [1.807, 2.05) is 20.0 Å². The molecule has 1 heterocycles. The number of halogens is 1. The molecular weight excluding hydrogens is 250 g/mol. The third-order valence-electron chi connectivity index (χ3n) is 2.70. The molecule has 92 valence electrons. The second-order valence-corrected chi connectivity index (χ2v) is 4.32. The summed E-state index contributed by atoms with van der Waals surface area (Å²) in [7, 11) is 1.83.